The number of phenols is 1. The summed E-state index contributed by atoms with van der Waals surface area (Å²) in [4.78, 5) is -0.883. The Balaban J connectivity index is 1.04. The fourth-order valence-corrected chi connectivity index (χ4v) is 10.0. The van der Waals surface area contributed by atoms with Gasteiger partial charge in [0.15, 0.2) is 5.75 Å². The Morgan fingerprint density at radius 2 is 1.00 bits per heavy atom. The van der Waals surface area contributed by atoms with Gasteiger partial charge in [0.1, 0.15) is 32.7 Å². The molecule has 0 fully saturated rings. The number of anilines is 2. The Bertz CT molecular complexity index is 4170. The van der Waals surface area contributed by atoms with Crippen LogP contribution in [0.4, 0.5) is 56.9 Å². The van der Waals surface area contributed by atoms with Gasteiger partial charge < -0.3 is 19.9 Å². The number of azo groups is 4. The molecule has 78 heavy (non-hydrogen) atoms. The standard InChI is InChI=1S/C54H51N9O12S3/c1-30-19-36-9-10-40(28-43(36)51(20-30)77(68,69)70)56-57-44-21-32(3)45(22-31(44)2)58-60-48-29-50(75-17-8-18-76(65,66)67)49(25-35(48)6)62-59-46-23-34(5)47(24-33(46)4)61-63-53-52(78(71,72)73)27-37-26-39(13-16-42(37)54(53)64)55-38-11-14-41(74-7)15-12-38/h9-16,19-29,55,64H,8,17-18H2,1-7H3,(H,65,66,67)(H,68,69,70)(H,71,72,73). The molecule has 0 radical (unpaired) electrons. The minimum absolute atomic E-state index is 0.0464. The highest BCUT2D eigenvalue weighted by atomic mass is 32.2. The highest BCUT2D eigenvalue weighted by Crippen LogP contribution is 2.44. The van der Waals surface area contributed by atoms with Crippen LogP contribution in [0.5, 0.6) is 17.2 Å². The van der Waals surface area contributed by atoms with Crippen LogP contribution in [0, 0.1) is 41.5 Å². The largest absolute Gasteiger partial charge is 0.505 e. The molecule has 0 aromatic heterocycles. The predicted octanol–water partition coefficient (Wildman–Crippen LogP) is 15.1. The first-order valence-corrected chi connectivity index (χ1v) is 28.1. The summed E-state index contributed by atoms with van der Waals surface area (Å²) in [6, 6.07) is 31.4. The number of benzene rings is 8. The van der Waals surface area contributed by atoms with Crippen molar-refractivity contribution in [3.05, 3.63) is 149 Å². The van der Waals surface area contributed by atoms with Crippen molar-refractivity contribution in [2.75, 3.05) is 24.8 Å². The highest BCUT2D eigenvalue weighted by Gasteiger charge is 2.23. The first-order valence-electron chi connectivity index (χ1n) is 23.7. The van der Waals surface area contributed by atoms with Gasteiger partial charge in [0.25, 0.3) is 30.4 Å². The average Bonchev–Trinajstić information content (AvgIpc) is 3.43. The molecule has 5 N–H and O–H groups in total. The van der Waals surface area contributed by atoms with Gasteiger partial charge in [-0.2, -0.15) is 55.9 Å². The third-order valence-electron chi connectivity index (χ3n) is 12.2. The van der Waals surface area contributed by atoms with E-state index in [9.17, 15) is 44.0 Å². The van der Waals surface area contributed by atoms with Crippen molar-refractivity contribution in [3.63, 3.8) is 0 Å². The van der Waals surface area contributed by atoms with Crippen LogP contribution in [0.15, 0.2) is 166 Å². The van der Waals surface area contributed by atoms with Crippen LogP contribution in [0.3, 0.4) is 0 Å². The molecule has 0 saturated carbocycles. The Hall–Kier alpha value is -8.39. The molecule has 0 unspecified atom stereocenters. The molecular formula is C54H51N9O12S3. The number of nitrogens with one attached hydrogen (secondary N) is 1. The molecule has 402 valence electrons. The van der Waals surface area contributed by atoms with Crippen LogP contribution in [0.25, 0.3) is 21.5 Å². The second-order valence-corrected chi connectivity index (χ2v) is 22.6. The summed E-state index contributed by atoms with van der Waals surface area (Å²) in [7, 11) is -12.1. The Morgan fingerprint density at radius 1 is 0.487 bits per heavy atom. The normalized spacial score (nSPS) is 12.5. The van der Waals surface area contributed by atoms with E-state index in [1.54, 1.807) is 132 Å². The summed E-state index contributed by atoms with van der Waals surface area (Å²) in [6.45, 7) is 10.5. The van der Waals surface area contributed by atoms with Gasteiger partial charge in [-0.05, 0) is 189 Å². The van der Waals surface area contributed by atoms with E-state index in [0.29, 0.717) is 95.1 Å². The van der Waals surface area contributed by atoms with Gasteiger partial charge in [0.2, 0.25) is 0 Å². The van der Waals surface area contributed by atoms with Crippen LogP contribution in [0.2, 0.25) is 0 Å². The van der Waals surface area contributed by atoms with Crippen LogP contribution in [-0.4, -0.2) is 63.5 Å². The summed E-state index contributed by atoms with van der Waals surface area (Å²) in [5.41, 5.74) is 7.37. The number of ether oxygens (including phenoxy) is 2. The monoisotopic (exact) mass is 1110 g/mol. The quantitative estimate of drug-likeness (QED) is 0.0303. The van der Waals surface area contributed by atoms with E-state index in [-0.39, 0.29) is 34.7 Å². The Morgan fingerprint density at radius 3 is 1.55 bits per heavy atom. The number of hydrogen-bond donors (Lipinski definition) is 5. The summed E-state index contributed by atoms with van der Waals surface area (Å²) in [6.07, 6.45) is -0.0464. The minimum Gasteiger partial charge on any atom is -0.505 e. The molecule has 0 heterocycles. The predicted molar refractivity (Wildman–Crippen MR) is 296 cm³/mol. The van der Waals surface area contributed by atoms with Crippen molar-refractivity contribution in [2.24, 2.45) is 40.9 Å². The van der Waals surface area contributed by atoms with Gasteiger partial charge in [-0.15, -0.1) is 10.2 Å². The number of hydrogen-bond acceptors (Lipinski definition) is 18. The van der Waals surface area contributed by atoms with Crippen LogP contribution in [-0.2, 0) is 30.4 Å². The van der Waals surface area contributed by atoms with Crippen molar-refractivity contribution < 1.29 is 53.5 Å². The maximum atomic E-state index is 12.7. The third-order valence-corrected chi connectivity index (χ3v) is 14.8. The maximum absolute atomic E-state index is 12.7. The first-order chi connectivity index (χ1) is 36.8. The molecule has 24 heteroatoms. The van der Waals surface area contributed by atoms with Gasteiger partial charge in [0, 0.05) is 28.2 Å². The van der Waals surface area contributed by atoms with E-state index in [2.05, 4.69) is 46.2 Å². The van der Waals surface area contributed by atoms with E-state index in [1.165, 1.54) is 18.2 Å². The first kappa shape index (κ1) is 55.8. The summed E-state index contributed by atoms with van der Waals surface area (Å²) < 4.78 is 113. The SMILES string of the molecule is COc1ccc(Nc2ccc3c(O)c(N=Nc4cc(C)c(N=Nc5cc(C)c(N=Nc6cc(C)c(N=Nc7ccc8cc(C)cc(S(=O)(=O)O)c8c7)cc6C)cc5OCCCS(=O)(=O)O)cc4C)c(S(=O)(=O)O)cc3c2)cc1. The van der Waals surface area contributed by atoms with Gasteiger partial charge in [-0.3, -0.25) is 13.7 Å². The smallest absolute Gasteiger partial charge is 0.296 e. The van der Waals surface area contributed by atoms with Crippen molar-refractivity contribution in [3.8, 4) is 17.2 Å². The van der Waals surface area contributed by atoms with E-state index in [0.717, 1.165) is 5.69 Å². The zero-order chi connectivity index (χ0) is 56.3. The van der Waals surface area contributed by atoms with E-state index in [1.807, 2.05) is 13.8 Å². The Labute approximate surface area is 449 Å². The molecule has 8 aromatic carbocycles. The lowest BCUT2D eigenvalue weighted by atomic mass is 10.1. The molecule has 0 aliphatic carbocycles. The molecule has 0 saturated heterocycles. The molecular weight excluding hydrogens is 1060 g/mol. The van der Waals surface area contributed by atoms with Crippen molar-refractivity contribution >= 4 is 109 Å². The fraction of sp³-hybridized carbons (Fsp3) is 0.185. The number of aromatic hydroxyl groups is 1. The lowest BCUT2D eigenvalue weighted by molar-refractivity contribution is 0.317. The molecule has 8 aromatic rings. The lowest BCUT2D eigenvalue weighted by Crippen LogP contribution is -2.08. The number of nitrogens with zero attached hydrogens (tertiary/aromatic N) is 8. The van der Waals surface area contributed by atoms with Gasteiger partial charge >= 0.3 is 0 Å². The second kappa shape index (κ2) is 22.7. The summed E-state index contributed by atoms with van der Waals surface area (Å²) >= 11 is 0. The lowest BCUT2D eigenvalue weighted by Gasteiger charge is -2.12. The fourth-order valence-electron chi connectivity index (χ4n) is 8.11. The van der Waals surface area contributed by atoms with Gasteiger partial charge in [0.05, 0.1) is 53.6 Å². The topological polar surface area (TPSA) is 313 Å². The summed E-state index contributed by atoms with van der Waals surface area (Å²) in [5, 5.41) is 51.2. The molecule has 8 rings (SSSR count). The van der Waals surface area contributed by atoms with Gasteiger partial charge in [-0.1, -0.05) is 12.1 Å². The number of fused-ring (bicyclic) bond motifs is 2. The van der Waals surface area contributed by atoms with Crippen molar-refractivity contribution in [1.29, 1.82) is 0 Å². The molecule has 0 amide bonds. The molecule has 0 aliphatic heterocycles. The van der Waals surface area contributed by atoms with E-state index in [4.69, 9.17) is 9.47 Å². The van der Waals surface area contributed by atoms with Crippen LogP contribution in [0.1, 0.15) is 39.8 Å². The maximum Gasteiger partial charge on any atom is 0.296 e. The second-order valence-electron chi connectivity index (χ2n) is 18.2. The van der Waals surface area contributed by atoms with Crippen molar-refractivity contribution in [1.82, 2.24) is 0 Å². The van der Waals surface area contributed by atoms with E-state index < -0.39 is 52.4 Å². The minimum atomic E-state index is -4.91. The summed E-state index contributed by atoms with van der Waals surface area (Å²) in [5.74, 6) is -0.217. The number of rotatable bonds is 18. The highest BCUT2D eigenvalue weighted by molar-refractivity contribution is 7.86. The number of aryl methyl sites for hydroxylation is 6. The molecule has 21 nitrogen and oxygen atoms in total. The van der Waals surface area contributed by atoms with Crippen molar-refractivity contribution in [2.45, 2.75) is 57.8 Å². The molecule has 0 atom stereocenters. The van der Waals surface area contributed by atoms with E-state index >= 15 is 0 Å². The van der Waals surface area contributed by atoms with Crippen LogP contribution >= 0.6 is 0 Å². The zero-order valence-corrected chi connectivity index (χ0v) is 45.4. The average molecular weight is 1110 g/mol. The molecule has 0 aliphatic rings. The Kier molecular flexibility index (Phi) is 16.2. The number of phenolic OH excluding ortho intramolecular Hbond substituents is 1. The number of methoxy groups -OCH3 is 1. The molecule has 0 bridgehead atoms. The van der Waals surface area contributed by atoms with Crippen LogP contribution < -0.4 is 14.8 Å². The molecule has 0 spiro atoms. The third kappa shape index (κ3) is 13.4. The van der Waals surface area contributed by atoms with Gasteiger partial charge in [-0.25, -0.2) is 0 Å². The zero-order valence-electron chi connectivity index (χ0n) is 42.9.